The predicted molar refractivity (Wildman–Crippen MR) is 270 cm³/mol. The van der Waals surface area contributed by atoms with Crippen molar-refractivity contribution in [2.24, 2.45) is 0 Å². The van der Waals surface area contributed by atoms with E-state index in [-0.39, 0.29) is 5.91 Å². The number of nitrogens with two attached hydrogens (primary N) is 3. The Bertz CT molecular complexity index is 3570. The number of rotatable bonds is 8. The maximum atomic E-state index is 14.2. The number of benzene rings is 5. The molecule has 5 aromatic carbocycles. The Morgan fingerprint density at radius 3 is 1.41 bits per heavy atom. The van der Waals surface area contributed by atoms with E-state index in [4.69, 9.17) is 27.2 Å². The molecule has 0 radical (unpaired) electrons. The molecule has 11 rings (SSSR count). The van der Waals surface area contributed by atoms with Gasteiger partial charge in [0.15, 0.2) is 0 Å². The number of nitrogens with zero attached hydrogens (tertiary/aromatic N) is 4. The zero-order valence-corrected chi connectivity index (χ0v) is 35.5. The fourth-order valence-electron chi connectivity index (χ4n) is 8.92. The van der Waals surface area contributed by atoms with Crippen LogP contribution in [0.5, 0.6) is 0 Å². The van der Waals surface area contributed by atoms with Crippen molar-refractivity contribution in [3.8, 4) is 44.5 Å². The SMILES string of the molecule is Nc1ccccc1-c1c2nc(c(-c3ccccc3N)c3ccc([nH]3)c(-c3ccccc3NC(=O)c3cccc(Cn4ccnc4)c3)c3nc(c(-c4ccccc4N)c4ccc1[nH]4)C=C3)C=C2. The van der Waals surface area contributed by atoms with Crippen LogP contribution >= 0.6 is 0 Å². The van der Waals surface area contributed by atoms with Crippen molar-refractivity contribution in [1.82, 2.24) is 29.5 Å². The number of nitrogen functional groups attached to an aromatic ring is 3. The van der Waals surface area contributed by atoms with E-state index in [0.717, 1.165) is 77.8 Å². The maximum Gasteiger partial charge on any atom is 0.255 e. The number of hydrogen-bond donors (Lipinski definition) is 6. The molecule has 0 spiro atoms. The summed E-state index contributed by atoms with van der Waals surface area (Å²) in [6, 6.07) is 47.0. The molecule has 1 amide bonds. The summed E-state index contributed by atoms with van der Waals surface area (Å²) in [5, 5.41) is 3.25. The smallest absolute Gasteiger partial charge is 0.255 e. The molecule has 9 aromatic rings. The molecular weight excluding hydrogens is 817 g/mol. The van der Waals surface area contributed by atoms with Crippen LogP contribution in [0.3, 0.4) is 0 Å². The number of amides is 1. The summed E-state index contributed by atoms with van der Waals surface area (Å²) in [6.45, 7) is 0.587. The van der Waals surface area contributed by atoms with Crippen molar-refractivity contribution in [2.45, 2.75) is 6.54 Å². The summed E-state index contributed by atoms with van der Waals surface area (Å²) in [7, 11) is 0. The second-order valence-corrected chi connectivity index (χ2v) is 16.2. The highest BCUT2D eigenvalue weighted by Crippen LogP contribution is 2.42. The average Bonchev–Trinajstić information content (AvgIpc) is 4.20. The fraction of sp³-hybridized carbons (Fsp3) is 0.0182. The molecule has 2 aliphatic rings. The second-order valence-electron chi connectivity index (χ2n) is 16.2. The second kappa shape index (κ2) is 16.5. The number of carbonyl (C=O) groups excluding carboxylic acids is 1. The van der Waals surface area contributed by atoms with Crippen LogP contribution in [0.1, 0.15) is 38.7 Å². The molecule has 0 unspecified atom stereocenters. The molecule has 6 heterocycles. The number of aromatic amines is 2. The normalized spacial score (nSPS) is 11.8. The molecule has 0 atom stereocenters. The quantitative estimate of drug-likeness (QED) is 0.0822. The molecule has 2 aliphatic heterocycles. The van der Waals surface area contributed by atoms with Crippen LogP contribution in [0.15, 0.2) is 164 Å². The van der Waals surface area contributed by atoms with E-state index in [2.05, 4.69) is 20.3 Å². The van der Waals surface area contributed by atoms with Crippen molar-refractivity contribution in [3.05, 3.63) is 198 Å². The van der Waals surface area contributed by atoms with Crippen LogP contribution in [-0.4, -0.2) is 35.4 Å². The number of anilines is 4. The zero-order valence-electron chi connectivity index (χ0n) is 35.5. The minimum atomic E-state index is -0.244. The molecular formula is C55H42N10O. The van der Waals surface area contributed by atoms with Crippen LogP contribution in [0, 0.1) is 0 Å². The largest absolute Gasteiger partial charge is 0.398 e. The van der Waals surface area contributed by atoms with Crippen LogP contribution in [0.4, 0.5) is 22.7 Å². The van der Waals surface area contributed by atoms with Gasteiger partial charge in [-0.1, -0.05) is 84.9 Å². The highest BCUT2D eigenvalue weighted by Gasteiger charge is 2.22. The lowest BCUT2D eigenvalue weighted by Crippen LogP contribution is -2.13. The lowest BCUT2D eigenvalue weighted by Gasteiger charge is -2.13. The van der Waals surface area contributed by atoms with E-state index in [1.54, 1.807) is 12.5 Å². The molecule has 11 heteroatoms. The first kappa shape index (κ1) is 39.6. The van der Waals surface area contributed by atoms with E-state index in [1.165, 1.54) is 0 Å². The number of H-pyrrole nitrogens is 2. The van der Waals surface area contributed by atoms with Crippen LogP contribution in [0.25, 0.3) is 90.9 Å². The van der Waals surface area contributed by atoms with E-state index >= 15 is 0 Å². The van der Waals surface area contributed by atoms with Gasteiger partial charge in [-0.25, -0.2) is 15.0 Å². The minimum Gasteiger partial charge on any atom is -0.398 e. The van der Waals surface area contributed by atoms with Crippen LogP contribution in [0.2, 0.25) is 0 Å². The Morgan fingerprint density at radius 1 is 0.515 bits per heavy atom. The fourth-order valence-corrected chi connectivity index (χ4v) is 8.92. The molecule has 0 fully saturated rings. The molecule has 4 aromatic heterocycles. The van der Waals surface area contributed by atoms with Crippen LogP contribution in [-0.2, 0) is 6.54 Å². The number of nitrogens with one attached hydrogen (secondary N) is 3. The molecule has 11 nitrogen and oxygen atoms in total. The van der Waals surface area contributed by atoms with E-state index in [1.807, 2.05) is 181 Å². The number of hydrogen-bond acceptors (Lipinski definition) is 7. The van der Waals surface area contributed by atoms with Gasteiger partial charge in [-0.15, -0.1) is 0 Å². The first-order valence-electron chi connectivity index (χ1n) is 21.5. The summed E-state index contributed by atoms with van der Waals surface area (Å²) in [4.78, 5) is 36.7. The summed E-state index contributed by atoms with van der Waals surface area (Å²) in [5.74, 6) is -0.244. The van der Waals surface area contributed by atoms with E-state index < -0.39 is 0 Å². The lowest BCUT2D eigenvalue weighted by molar-refractivity contribution is 0.102. The maximum absolute atomic E-state index is 14.2. The first-order valence-corrected chi connectivity index (χ1v) is 21.5. The summed E-state index contributed by atoms with van der Waals surface area (Å²) < 4.78 is 1.97. The van der Waals surface area contributed by atoms with Gasteiger partial charge in [0.1, 0.15) is 0 Å². The Morgan fingerprint density at radius 2 is 0.955 bits per heavy atom. The van der Waals surface area contributed by atoms with Crippen molar-refractivity contribution in [2.75, 3.05) is 22.5 Å². The third-order valence-corrected chi connectivity index (χ3v) is 12.0. The number of fused-ring (bicyclic) bond motifs is 8. The zero-order chi connectivity index (χ0) is 44.7. The first-order chi connectivity index (χ1) is 32.4. The molecule has 318 valence electrons. The summed E-state index contributed by atoms with van der Waals surface area (Å²) >= 11 is 0. The Balaban J connectivity index is 1.20. The summed E-state index contributed by atoms with van der Waals surface area (Å²) in [5.41, 5.74) is 36.6. The number of imidazole rings is 1. The number of para-hydroxylation sites is 4. The van der Waals surface area contributed by atoms with Gasteiger partial charge in [0.05, 0.1) is 29.1 Å². The van der Waals surface area contributed by atoms with Gasteiger partial charge in [0.25, 0.3) is 5.91 Å². The number of carbonyl (C=O) groups is 1. The molecule has 8 bridgehead atoms. The van der Waals surface area contributed by atoms with E-state index in [9.17, 15) is 4.79 Å². The van der Waals surface area contributed by atoms with Gasteiger partial charge in [0.2, 0.25) is 0 Å². The van der Waals surface area contributed by atoms with Gasteiger partial charge in [-0.05, 0) is 90.5 Å². The van der Waals surface area contributed by atoms with Crippen molar-refractivity contribution in [1.29, 1.82) is 0 Å². The van der Waals surface area contributed by atoms with Gasteiger partial charge in [-0.2, -0.15) is 0 Å². The highest BCUT2D eigenvalue weighted by atomic mass is 16.1. The predicted octanol–water partition coefficient (Wildman–Crippen LogP) is 11.6. The van der Waals surface area contributed by atoms with Crippen molar-refractivity contribution < 1.29 is 4.79 Å². The monoisotopic (exact) mass is 858 g/mol. The number of aromatic nitrogens is 6. The molecule has 0 aliphatic carbocycles. The molecule has 0 saturated carbocycles. The van der Waals surface area contributed by atoms with Gasteiger partial charge in [-0.3, -0.25) is 4.79 Å². The Kier molecular flexibility index (Phi) is 9.89. The third kappa shape index (κ3) is 7.25. The van der Waals surface area contributed by atoms with Gasteiger partial charge in [0, 0.05) is 114 Å². The van der Waals surface area contributed by atoms with Crippen molar-refractivity contribution in [3.63, 3.8) is 0 Å². The molecule has 0 saturated heterocycles. The molecule has 9 N–H and O–H groups in total. The van der Waals surface area contributed by atoms with Gasteiger partial charge < -0.3 is 37.1 Å². The third-order valence-electron chi connectivity index (χ3n) is 12.0. The van der Waals surface area contributed by atoms with E-state index in [0.29, 0.717) is 51.9 Å². The Labute approximate surface area is 379 Å². The lowest BCUT2D eigenvalue weighted by atomic mass is 10.0. The highest BCUT2D eigenvalue weighted by molar-refractivity contribution is 6.09. The Hall–Kier alpha value is -9.22. The standard InChI is InChI=1S/C55H42N10O/c56-39-16-5-1-12-35(39)51-43-20-22-45(60-43)52(36-13-2-6-17-40(36)57)47-24-26-49(62-47)54(50-27-25-48(63-50)53(46-23-21-44(51)61-46)37-14-3-7-18-41(37)58)38-15-4-8-19-42(38)64-55(66)34-11-9-10-33(30-34)31-65-29-28-59-32-65/h1-30,32,60,63H,31,56-58H2,(H,64,66). The molecule has 66 heavy (non-hydrogen) atoms. The van der Waals surface area contributed by atoms with Crippen molar-refractivity contribution >= 4 is 75.0 Å². The summed E-state index contributed by atoms with van der Waals surface area (Å²) in [6.07, 6.45) is 13.5. The van der Waals surface area contributed by atoms with Crippen LogP contribution < -0.4 is 22.5 Å². The average molecular weight is 859 g/mol. The van der Waals surface area contributed by atoms with Gasteiger partial charge >= 0.3 is 0 Å². The minimum absolute atomic E-state index is 0.244. The topological polar surface area (TPSA) is 182 Å².